The Morgan fingerprint density at radius 3 is 2.32 bits per heavy atom. The third-order valence-corrected chi connectivity index (χ3v) is 5.12. The number of hydrogen-bond acceptors (Lipinski definition) is 3. The zero-order valence-corrected chi connectivity index (χ0v) is 12.7. The van der Waals surface area contributed by atoms with Crippen LogP contribution in [0.3, 0.4) is 0 Å². The first kappa shape index (κ1) is 13.3. The predicted octanol–water partition coefficient (Wildman–Crippen LogP) is 3.27. The van der Waals surface area contributed by atoms with E-state index in [-0.39, 0.29) is 0 Å². The monoisotopic (exact) mass is 276 g/mol. The zero-order chi connectivity index (χ0) is 13.2. The molecule has 3 rings (SSSR count). The van der Waals surface area contributed by atoms with E-state index in [9.17, 15) is 0 Å². The average molecular weight is 276 g/mol. The van der Waals surface area contributed by atoms with Gasteiger partial charge in [-0.2, -0.15) is 11.8 Å². The van der Waals surface area contributed by atoms with Gasteiger partial charge in [-0.05, 0) is 30.5 Å². The van der Waals surface area contributed by atoms with E-state index in [4.69, 9.17) is 0 Å². The summed E-state index contributed by atoms with van der Waals surface area (Å²) in [6.45, 7) is 8.04. The van der Waals surface area contributed by atoms with Gasteiger partial charge >= 0.3 is 0 Å². The van der Waals surface area contributed by atoms with E-state index < -0.39 is 0 Å². The van der Waals surface area contributed by atoms with E-state index in [0.29, 0.717) is 0 Å². The maximum atomic E-state index is 3.57. The van der Waals surface area contributed by atoms with Crippen LogP contribution in [0.2, 0.25) is 0 Å². The highest BCUT2D eigenvalue weighted by Gasteiger charge is 2.22. The molecular weight excluding hydrogens is 252 g/mol. The summed E-state index contributed by atoms with van der Waals surface area (Å²) in [4.78, 5) is 2.53. The number of nitrogens with one attached hydrogen (secondary N) is 1. The Bertz CT molecular complexity index is 403. The highest BCUT2D eigenvalue weighted by molar-refractivity contribution is 8.00. The molecule has 0 aromatic heterocycles. The van der Waals surface area contributed by atoms with Crippen LogP contribution in [-0.4, -0.2) is 29.6 Å². The first-order valence-corrected chi connectivity index (χ1v) is 8.38. The van der Waals surface area contributed by atoms with Crippen molar-refractivity contribution in [2.75, 3.05) is 18.0 Å². The minimum Gasteiger partial charge on any atom is -0.369 e. The molecule has 104 valence electrons. The lowest BCUT2D eigenvalue weighted by atomic mass is 10.1. The highest BCUT2D eigenvalue weighted by atomic mass is 32.2. The van der Waals surface area contributed by atoms with Crippen molar-refractivity contribution in [1.29, 1.82) is 0 Å². The molecule has 1 N–H and O–H groups in total. The van der Waals surface area contributed by atoms with Crippen LogP contribution in [0.4, 0.5) is 5.69 Å². The first-order valence-electron chi connectivity index (χ1n) is 7.43. The van der Waals surface area contributed by atoms with E-state index in [0.717, 1.165) is 23.1 Å². The lowest BCUT2D eigenvalue weighted by Gasteiger charge is -2.36. The molecule has 1 heterocycles. The number of rotatable bonds is 4. The summed E-state index contributed by atoms with van der Waals surface area (Å²) in [5, 5.41) is 5.04. The van der Waals surface area contributed by atoms with Crippen molar-refractivity contribution in [1.82, 2.24) is 5.32 Å². The molecule has 0 spiro atoms. The summed E-state index contributed by atoms with van der Waals surface area (Å²) in [5.41, 5.74) is 2.79. The smallest absolute Gasteiger partial charge is 0.0367 e. The molecule has 1 saturated carbocycles. The number of nitrogens with zero attached hydrogens (tertiary/aromatic N) is 1. The van der Waals surface area contributed by atoms with E-state index in [1.165, 1.54) is 37.2 Å². The Balaban J connectivity index is 1.60. The second kappa shape index (κ2) is 5.76. The number of hydrogen-bond donors (Lipinski definition) is 1. The molecule has 2 unspecified atom stereocenters. The van der Waals surface area contributed by atoms with Gasteiger partial charge in [0.1, 0.15) is 0 Å². The quantitative estimate of drug-likeness (QED) is 0.908. The second-order valence-electron chi connectivity index (χ2n) is 5.98. The van der Waals surface area contributed by atoms with Crippen molar-refractivity contribution in [3.05, 3.63) is 29.8 Å². The van der Waals surface area contributed by atoms with Crippen LogP contribution in [0.1, 0.15) is 32.3 Å². The van der Waals surface area contributed by atoms with Crippen LogP contribution in [-0.2, 0) is 6.54 Å². The van der Waals surface area contributed by atoms with E-state index in [2.05, 4.69) is 60.1 Å². The molecule has 1 aromatic carbocycles. The molecule has 3 heteroatoms. The molecule has 19 heavy (non-hydrogen) atoms. The molecule has 1 saturated heterocycles. The lowest BCUT2D eigenvalue weighted by Crippen LogP contribution is -2.40. The number of thioether (sulfide) groups is 1. The fraction of sp³-hybridized carbons (Fsp3) is 0.625. The Hall–Kier alpha value is -0.670. The van der Waals surface area contributed by atoms with Crippen molar-refractivity contribution in [2.45, 2.75) is 49.8 Å². The van der Waals surface area contributed by atoms with Gasteiger partial charge in [-0.15, -0.1) is 0 Å². The molecule has 1 aliphatic carbocycles. The van der Waals surface area contributed by atoms with Crippen molar-refractivity contribution in [3.63, 3.8) is 0 Å². The van der Waals surface area contributed by atoms with Crippen molar-refractivity contribution >= 4 is 17.4 Å². The predicted molar refractivity (Wildman–Crippen MR) is 85.0 cm³/mol. The summed E-state index contributed by atoms with van der Waals surface area (Å²) < 4.78 is 0. The van der Waals surface area contributed by atoms with Crippen molar-refractivity contribution in [2.24, 2.45) is 0 Å². The molecule has 2 nitrogen and oxygen atoms in total. The van der Waals surface area contributed by atoms with Gasteiger partial charge in [-0.1, -0.05) is 26.0 Å². The Kier molecular flexibility index (Phi) is 4.04. The summed E-state index contributed by atoms with van der Waals surface area (Å²) in [5.74, 6) is 0. The van der Waals surface area contributed by atoms with Gasteiger partial charge in [-0.3, -0.25) is 0 Å². The zero-order valence-electron chi connectivity index (χ0n) is 11.9. The van der Waals surface area contributed by atoms with E-state index in [1.807, 2.05) is 0 Å². The van der Waals surface area contributed by atoms with Gasteiger partial charge < -0.3 is 10.2 Å². The molecule has 0 amide bonds. The van der Waals surface area contributed by atoms with Crippen molar-refractivity contribution in [3.8, 4) is 0 Å². The van der Waals surface area contributed by atoms with E-state index in [1.54, 1.807) is 0 Å². The minimum atomic E-state index is 0.736. The standard InChI is InChI=1S/C16H24N2S/c1-12-10-18(11-13(2)19-12)16-7-3-14(4-8-16)9-17-15-5-6-15/h3-4,7-8,12-13,15,17H,5-6,9-11H2,1-2H3. The van der Waals surface area contributed by atoms with Crippen LogP contribution in [0.25, 0.3) is 0 Å². The minimum absolute atomic E-state index is 0.736. The molecule has 2 fully saturated rings. The van der Waals surface area contributed by atoms with Crippen LogP contribution >= 0.6 is 11.8 Å². The first-order chi connectivity index (χ1) is 9.20. The molecule has 1 aliphatic heterocycles. The molecule has 0 bridgehead atoms. The molecule has 1 aromatic rings. The Morgan fingerprint density at radius 1 is 1.11 bits per heavy atom. The normalized spacial score (nSPS) is 27.6. The lowest BCUT2D eigenvalue weighted by molar-refractivity contribution is 0.687. The highest BCUT2D eigenvalue weighted by Crippen LogP contribution is 2.28. The van der Waals surface area contributed by atoms with Crippen LogP contribution in [0.15, 0.2) is 24.3 Å². The summed E-state index contributed by atoms with van der Waals surface area (Å²) in [7, 11) is 0. The third kappa shape index (κ3) is 3.67. The van der Waals surface area contributed by atoms with E-state index >= 15 is 0 Å². The van der Waals surface area contributed by atoms with Gasteiger partial charge in [0.2, 0.25) is 0 Å². The summed E-state index contributed by atoms with van der Waals surface area (Å²) >= 11 is 2.11. The molecule has 2 atom stereocenters. The fourth-order valence-corrected chi connectivity index (χ4v) is 4.09. The third-order valence-electron chi connectivity index (χ3n) is 3.89. The second-order valence-corrected chi connectivity index (χ2v) is 7.87. The van der Waals surface area contributed by atoms with Crippen molar-refractivity contribution < 1.29 is 0 Å². The van der Waals surface area contributed by atoms with Gasteiger partial charge in [0.05, 0.1) is 0 Å². The van der Waals surface area contributed by atoms with Crippen LogP contribution in [0.5, 0.6) is 0 Å². The SMILES string of the molecule is CC1CN(c2ccc(CNC3CC3)cc2)CC(C)S1. The molecule has 0 radical (unpaired) electrons. The van der Waals surface area contributed by atoms with Gasteiger partial charge in [0.25, 0.3) is 0 Å². The Morgan fingerprint density at radius 2 is 1.74 bits per heavy atom. The van der Waals surface area contributed by atoms with Gasteiger partial charge in [0.15, 0.2) is 0 Å². The van der Waals surface area contributed by atoms with Gasteiger partial charge in [-0.25, -0.2) is 0 Å². The van der Waals surface area contributed by atoms with Crippen LogP contribution in [0, 0.1) is 0 Å². The number of anilines is 1. The Labute approximate surface area is 121 Å². The molecular formula is C16H24N2S. The van der Waals surface area contributed by atoms with Gasteiger partial charge in [0, 0.05) is 41.9 Å². The summed E-state index contributed by atoms with van der Waals surface area (Å²) in [6, 6.07) is 9.93. The largest absolute Gasteiger partial charge is 0.369 e. The fourth-order valence-electron chi connectivity index (χ4n) is 2.76. The number of benzene rings is 1. The molecule has 2 aliphatic rings. The summed E-state index contributed by atoms with van der Waals surface area (Å²) in [6.07, 6.45) is 2.72. The van der Waals surface area contributed by atoms with Crippen LogP contribution < -0.4 is 10.2 Å². The maximum Gasteiger partial charge on any atom is 0.0367 e. The average Bonchev–Trinajstić information content (AvgIpc) is 3.20. The maximum absolute atomic E-state index is 3.57. The topological polar surface area (TPSA) is 15.3 Å².